The molecule has 0 bridgehead atoms. The van der Waals surface area contributed by atoms with Crippen LogP contribution in [0.3, 0.4) is 0 Å². The van der Waals surface area contributed by atoms with Crippen LogP contribution >= 0.6 is 0 Å². The standard InChI is InChI=1S/C15H17NO4S/c17-14-9-4-5-10-15(14)21(18,19)16-11-6-12-20-13-7-2-1-3-8-13/h1-5,7-10,16-17H,6,11-12H2. The number of nitrogens with one attached hydrogen (secondary N) is 1. The van der Waals surface area contributed by atoms with Crippen LogP contribution in [0.1, 0.15) is 6.42 Å². The maximum Gasteiger partial charge on any atom is 0.244 e. The van der Waals surface area contributed by atoms with Gasteiger partial charge in [0.25, 0.3) is 0 Å². The van der Waals surface area contributed by atoms with E-state index in [0.29, 0.717) is 13.0 Å². The van der Waals surface area contributed by atoms with Gasteiger partial charge in [0.1, 0.15) is 16.4 Å². The first-order valence-corrected chi connectivity index (χ1v) is 8.03. The summed E-state index contributed by atoms with van der Waals surface area (Å²) in [6.07, 6.45) is 0.529. The summed E-state index contributed by atoms with van der Waals surface area (Å²) < 4.78 is 31.8. The number of aromatic hydroxyl groups is 1. The number of phenols is 1. The van der Waals surface area contributed by atoms with E-state index in [9.17, 15) is 13.5 Å². The Morgan fingerprint density at radius 1 is 1.00 bits per heavy atom. The number of ether oxygens (including phenoxy) is 1. The summed E-state index contributed by atoms with van der Waals surface area (Å²) in [5.74, 6) is 0.492. The molecule has 0 fully saturated rings. The second-order valence-corrected chi connectivity index (χ2v) is 6.12. The van der Waals surface area contributed by atoms with E-state index >= 15 is 0 Å². The van der Waals surface area contributed by atoms with Crippen molar-refractivity contribution in [3.8, 4) is 11.5 Å². The summed E-state index contributed by atoms with van der Waals surface area (Å²) in [4.78, 5) is -0.117. The number of phenolic OH excluding ortho intramolecular Hbond substituents is 1. The van der Waals surface area contributed by atoms with Crippen molar-refractivity contribution in [2.75, 3.05) is 13.2 Å². The lowest BCUT2D eigenvalue weighted by molar-refractivity contribution is 0.311. The van der Waals surface area contributed by atoms with Gasteiger partial charge in [0.15, 0.2) is 0 Å². The number of hydrogen-bond acceptors (Lipinski definition) is 4. The molecule has 2 rings (SSSR count). The van der Waals surface area contributed by atoms with Crippen molar-refractivity contribution in [2.24, 2.45) is 0 Å². The molecule has 0 heterocycles. The molecule has 0 saturated heterocycles. The highest BCUT2D eigenvalue weighted by Gasteiger charge is 2.16. The van der Waals surface area contributed by atoms with Crippen molar-refractivity contribution in [1.29, 1.82) is 0 Å². The van der Waals surface area contributed by atoms with Gasteiger partial charge in [0.05, 0.1) is 6.61 Å². The van der Waals surface area contributed by atoms with E-state index in [1.165, 1.54) is 12.1 Å². The molecule has 0 atom stereocenters. The normalized spacial score (nSPS) is 11.2. The molecule has 0 spiro atoms. The van der Waals surface area contributed by atoms with Gasteiger partial charge in [0.2, 0.25) is 10.0 Å². The largest absolute Gasteiger partial charge is 0.507 e. The molecule has 0 aliphatic rings. The van der Waals surface area contributed by atoms with Crippen LogP contribution in [0.5, 0.6) is 11.5 Å². The van der Waals surface area contributed by atoms with Crippen LogP contribution in [0.15, 0.2) is 59.5 Å². The van der Waals surface area contributed by atoms with E-state index in [1.54, 1.807) is 12.1 Å². The van der Waals surface area contributed by atoms with E-state index in [1.807, 2.05) is 30.3 Å². The highest BCUT2D eigenvalue weighted by atomic mass is 32.2. The van der Waals surface area contributed by atoms with Gasteiger partial charge in [-0.05, 0) is 30.7 Å². The summed E-state index contributed by atoms with van der Waals surface area (Å²) >= 11 is 0. The number of hydrogen-bond donors (Lipinski definition) is 2. The zero-order valence-electron chi connectivity index (χ0n) is 11.4. The fraction of sp³-hybridized carbons (Fsp3) is 0.200. The van der Waals surface area contributed by atoms with Gasteiger partial charge in [-0.1, -0.05) is 30.3 Å². The maximum absolute atomic E-state index is 12.0. The molecule has 0 aromatic heterocycles. The molecule has 0 unspecified atom stereocenters. The number of para-hydroxylation sites is 2. The van der Waals surface area contributed by atoms with Gasteiger partial charge in [-0.2, -0.15) is 0 Å². The Balaban J connectivity index is 1.79. The Labute approximate surface area is 124 Å². The predicted molar refractivity (Wildman–Crippen MR) is 79.8 cm³/mol. The molecule has 21 heavy (non-hydrogen) atoms. The minimum Gasteiger partial charge on any atom is -0.507 e. The van der Waals surface area contributed by atoms with Crippen molar-refractivity contribution in [2.45, 2.75) is 11.3 Å². The van der Waals surface area contributed by atoms with Crippen LogP contribution in [0, 0.1) is 0 Å². The second kappa shape index (κ2) is 7.10. The third kappa shape index (κ3) is 4.47. The van der Waals surface area contributed by atoms with Gasteiger partial charge in [-0.3, -0.25) is 0 Å². The van der Waals surface area contributed by atoms with Crippen molar-refractivity contribution in [1.82, 2.24) is 4.72 Å². The van der Waals surface area contributed by atoms with Crippen molar-refractivity contribution in [3.05, 3.63) is 54.6 Å². The Morgan fingerprint density at radius 2 is 1.67 bits per heavy atom. The third-order valence-electron chi connectivity index (χ3n) is 2.78. The average Bonchev–Trinajstić information content (AvgIpc) is 2.48. The molecular formula is C15H17NO4S. The first kappa shape index (κ1) is 15.3. The van der Waals surface area contributed by atoms with Crippen LogP contribution in [-0.4, -0.2) is 26.7 Å². The molecule has 0 saturated carbocycles. The van der Waals surface area contributed by atoms with Gasteiger partial charge in [0, 0.05) is 6.54 Å². The van der Waals surface area contributed by atoms with Gasteiger partial charge in [-0.25, -0.2) is 13.1 Å². The van der Waals surface area contributed by atoms with Crippen LogP contribution < -0.4 is 9.46 Å². The predicted octanol–water partition coefficient (Wildman–Crippen LogP) is 2.14. The van der Waals surface area contributed by atoms with E-state index in [-0.39, 0.29) is 17.2 Å². The fourth-order valence-electron chi connectivity index (χ4n) is 1.75. The van der Waals surface area contributed by atoms with E-state index in [4.69, 9.17) is 4.74 Å². The molecule has 2 N–H and O–H groups in total. The molecule has 0 aliphatic carbocycles. The summed E-state index contributed by atoms with van der Waals surface area (Å²) in [7, 11) is -3.69. The quantitative estimate of drug-likeness (QED) is 0.768. The smallest absolute Gasteiger partial charge is 0.244 e. The van der Waals surface area contributed by atoms with E-state index < -0.39 is 10.0 Å². The van der Waals surface area contributed by atoms with Crippen LogP contribution in [0.25, 0.3) is 0 Å². The SMILES string of the molecule is O=S(=O)(NCCCOc1ccccc1)c1ccccc1O. The Hall–Kier alpha value is -2.05. The van der Waals surface area contributed by atoms with Crippen LogP contribution in [0.4, 0.5) is 0 Å². The van der Waals surface area contributed by atoms with Gasteiger partial charge < -0.3 is 9.84 Å². The molecule has 6 heteroatoms. The topological polar surface area (TPSA) is 75.6 Å². The molecular weight excluding hydrogens is 290 g/mol. The first-order chi connectivity index (χ1) is 10.1. The molecule has 0 radical (unpaired) electrons. The lowest BCUT2D eigenvalue weighted by Gasteiger charge is -2.09. The van der Waals surface area contributed by atoms with Gasteiger partial charge >= 0.3 is 0 Å². The highest BCUT2D eigenvalue weighted by Crippen LogP contribution is 2.20. The minimum absolute atomic E-state index is 0.117. The Morgan fingerprint density at radius 3 is 2.38 bits per heavy atom. The highest BCUT2D eigenvalue weighted by molar-refractivity contribution is 7.89. The zero-order valence-corrected chi connectivity index (χ0v) is 12.2. The van der Waals surface area contributed by atoms with Crippen molar-refractivity contribution < 1.29 is 18.3 Å². The van der Waals surface area contributed by atoms with Gasteiger partial charge in [-0.15, -0.1) is 0 Å². The Kier molecular flexibility index (Phi) is 5.19. The first-order valence-electron chi connectivity index (χ1n) is 6.55. The lowest BCUT2D eigenvalue weighted by atomic mass is 10.3. The lowest BCUT2D eigenvalue weighted by Crippen LogP contribution is -2.25. The van der Waals surface area contributed by atoms with E-state index in [0.717, 1.165) is 5.75 Å². The van der Waals surface area contributed by atoms with E-state index in [2.05, 4.69) is 4.72 Å². The monoisotopic (exact) mass is 307 g/mol. The number of sulfonamides is 1. The zero-order chi connectivity index (χ0) is 15.1. The second-order valence-electron chi connectivity index (χ2n) is 4.38. The van der Waals surface area contributed by atoms with Crippen molar-refractivity contribution >= 4 is 10.0 Å². The number of benzene rings is 2. The summed E-state index contributed by atoms with van der Waals surface area (Å²) in [6, 6.07) is 15.2. The molecule has 2 aromatic rings. The molecule has 0 amide bonds. The molecule has 0 aliphatic heterocycles. The molecule has 2 aromatic carbocycles. The third-order valence-corrected chi connectivity index (χ3v) is 4.29. The summed E-state index contributed by atoms with van der Waals surface area (Å²) in [5.41, 5.74) is 0. The van der Waals surface area contributed by atoms with Crippen LogP contribution in [-0.2, 0) is 10.0 Å². The Bertz CT molecular complexity index is 671. The van der Waals surface area contributed by atoms with Crippen LogP contribution in [0.2, 0.25) is 0 Å². The molecule has 5 nitrogen and oxygen atoms in total. The van der Waals surface area contributed by atoms with Crippen molar-refractivity contribution in [3.63, 3.8) is 0 Å². The minimum atomic E-state index is -3.69. The summed E-state index contributed by atoms with van der Waals surface area (Å²) in [6.45, 7) is 0.650. The number of rotatable bonds is 7. The maximum atomic E-state index is 12.0. The molecule has 112 valence electrons. The fourth-order valence-corrected chi connectivity index (χ4v) is 2.92. The summed E-state index contributed by atoms with van der Waals surface area (Å²) in [5, 5.41) is 9.55. The average molecular weight is 307 g/mol.